The molecule has 6 aromatic carbocycles. The molecule has 0 fully saturated rings. The summed E-state index contributed by atoms with van der Waals surface area (Å²) in [5.74, 6) is 0. The summed E-state index contributed by atoms with van der Waals surface area (Å²) in [5, 5.41) is 5.32. The number of benzene rings is 4. The molecule has 2 radical (unpaired) electrons. The minimum atomic E-state index is 0. The van der Waals surface area contributed by atoms with Gasteiger partial charge in [-0.2, -0.15) is 84.3 Å². The molecule has 184 valence electrons. The molecular weight excluding hydrogens is 528 g/mol. The molecule has 0 spiro atoms. The van der Waals surface area contributed by atoms with E-state index in [1.54, 1.807) is 0 Å². The van der Waals surface area contributed by atoms with Crippen molar-refractivity contribution < 1.29 is 23.3 Å². The predicted molar refractivity (Wildman–Crippen MR) is 159 cm³/mol. The van der Waals surface area contributed by atoms with E-state index in [0.29, 0.717) is 0 Å². The average molecular weight is 562 g/mol. The van der Waals surface area contributed by atoms with Crippen LogP contribution in [0.5, 0.6) is 0 Å². The van der Waals surface area contributed by atoms with Crippen LogP contribution in [0.15, 0.2) is 146 Å². The van der Waals surface area contributed by atoms with Crippen molar-refractivity contribution in [2.45, 2.75) is 0 Å². The molecule has 0 nitrogen and oxygen atoms in total. The summed E-state index contributed by atoms with van der Waals surface area (Å²) in [6, 6.07) is 49.1. The molecule has 0 heterocycles. The molecule has 0 aliphatic heterocycles. The maximum absolute atomic E-state index is 3.72. The zero-order valence-electron chi connectivity index (χ0n) is 21.3. The van der Waals surface area contributed by atoms with Crippen molar-refractivity contribution in [2.24, 2.45) is 0 Å². The van der Waals surface area contributed by atoms with E-state index < -0.39 is 0 Å². The molecule has 0 aromatic heterocycles. The summed E-state index contributed by atoms with van der Waals surface area (Å²) in [5.41, 5.74) is 2.14. The fourth-order valence-corrected chi connectivity index (χ4v) is 3.10. The van der Waals surface area contributed by atoms with Crippen molar-refractivity contribution in [3.05, 3.63) is 185 Å². The Morgan fingerprint density at radius 2 is 0.750 bits per heavy atom. The Labute approximate surface area is 236 Å². The van der Waals surface area contributed by atoms with Crippen LogP contribution in [0.4, 0.5) is 0 Å². The standard InChI is InChI=1S/2C9H7.2C7H7.2CH3.Si.Zr/c2*1-2-5-9-7-3-6-8(9)4-1;2*1-7-5-3-2-4-6-7;;;;/h2*1-7H;2*2-6H,1H2;2*1H3;;/q6*-1;;. The Morgan fingerprint density at radius 3 is 1.03 bits per heavy atom. The van der Waals surface area contributed by atoms with Crippen LogP contribution in [0.3, 0.4) is 0 Å². The summed E-state index contributed by atoms with van der Waals surface area (Å²) >= 11 is 1.36. The first-order valence-electron chi connectivity index (χ1n) is 10.9. The van der Waals surface area contributed by atoms with Gasteiger partial charge in [-0.05, 0) is 0 Å². The van der Waals surface area contributed by atoms with E-state index in [1.165, 1.54) is 44.9 Å². The molecule has 0 unspecified atom stereocenters. The molecule has 6 aromatic rings. The minimum absolute atomic E-state index is 0. The smallest absolute Gasteiger partial charge is 0.0809 e. The number of fused-ring (bicyclic) bond motifs is 2. The summed E-state index contributed by atoms with van der Waals surface area (Å²) in [7, 11) is 0. The van der Waals surface area contributed by atoms with Crippen molar-refractivity contribution in [1.29, 1.82) is 0 Å². The molecule has 0 atom stereocenters. The second-order valence-electron chi connectivity index (χ2n) is 7.28. The van der Waals surface area contributed by atoms with Gasteiger partial charge in [0.1, 0.15) is 0 Å². The fraction of sp³-hybridized carbons (Fsp3) is 0. The molecule has 0 aliphatic rings. The van der Waals surface area contributed by atoms with E-state index in [9.17, 15) is 0 Å². The number of rotatable bonds is 0. The summed E-state index contributed by atoms with van der Waals surface area (Å²) < 4.78 is 0. The molecule has 0 aliphatic carbocycles. The largest absolute Gasteiger partial charge is 0.168 e. The normalized spacial score (nSPS) is 8.53. The first kappa shape index (κ1) is 32.9. The summed E-state index contributed by atoms with van der Waals surface area (Å²) in [6.07, 6.45) is 0. The van der Waals surface area contributed by atoms with Gasteiger partial charge in [0.15, 0.2) is 0 Å². The van der Waals surface area contributed by atoms with Gasteiger partial charge in [-0.15, -0.1) is 83.6 Å². The van der Waals surface area contributed by atoms with E-state index in [0.717, 1.165) is 11.1 Å². The van der Waals surface area contributed by atoms with Crippen LogP contribution >= 0.6 is 0 Å². The molecule has 0 saturated heterocycles. The molecule has 0 amide bonds. The molecule has 36 heavy (non-hydrogen) atoms. The zero-order valence-corrected chi connectivity index (χ0v) is 24.7. The van der Waals surface area contributed by atoms with Crippen LogP contribution in [-0.4, -0.2) is 6.88 Å². The fourth-order valence-electron chi connectivity index (χ4n) is 3.10. The molecule has 0 bridgehead atoms. The van der Waals surface area contributed by atoms with Gasteiger partial charge in [0.2, 0.25) is 0 Å². The Kier molecular flexibility index (Phi) is 18.5. The van der Waals surface area contributed by atoms with Crippen LogP contribution in [0.2, 0.25) is 0 Å². The molecular formula is C34H34SiZr-6. The van der Waals surface area contributed by atoms with Gasteiger partial charge < -0.3 is 14.9 Å². The van der Waals surface area contributed by atoms with E-state index in [2.05, 4.69) is 106 Å². The SMILES string of the molecule is [CH2-]c1ccccc1.[CH2-]c1ccccc1.[CH3-].[CH3-].[Si]=[Zr].c1ccc2[cH-]ccc2c1.c1ccc2[cH-]ccc2c1. The van der Waals surface area contributed by atoms with Gasteiger partial charge in [-0.3, -0.25) is 0 Å². The molecule has 2 heteroatoms. The predicted octanol–water partition coefficient (Wildman–Crippen LogP) is 9.37. The van der Waals surface area contributed by atoms with Gasteiger partial charge in [0.25, 0.3) is 0 Å². The second-order valence-corrected chi connectivity index (χ2v) is 7.28. The van der Waals surface area contributed by atoms with E-state index in [4.69, 9.17) is 0 Å². The Balaban J connectivity index is 0.000000439. The Bertz CT molecular complexity index is 1140. The van der Waals surface area contributed by atoms with Gasteiger partial charge in [-0.1, -0.05) is 24.3 Å². The van der Waals surface area contributed by atoms with Gasteiger partial charge in [0.05, 0.1) is 0 Å². The quantitative estimate of drug-likeness (QED) is 0.128. The van der Waals surface area contributed by atoms with Crippen molar-refractivity contribution in [1.82, 2.24) is 0 Å². The first-order valence-corrected chi connectivity index (χ1v) is 15.1. The van der Waals surface area contributed by atoms with Crippen molar-refractivity contribution in [3.63, 3.8) is 0 Å². The van der Waals surface area contributed by atoms with E-state index in [1.807, 2.05) is 60.7 Å². The number of hydrogen-bond acceptors (Lipinski definition) is 0. The zero-order chi connectivity index (χ0) is 24.4. The maximum Gasteiger partial charge on any atom is -0.0809 e. The maximum atomic E-state index is 3.72. The second kappa shape index (κ2) is 20.2. The van der Waals surface area contributed by atoms with Crippen LogP contribution in [0.25, 0.3) is 21.5 Å². The topological polar surface area (TPSA) is 0 Å². The minimum Gasteiger partial charge on any atom is -0.168 e. The third kappa shape index (κ3) is 12.6. The van der Waals surface area contributed by atoms with Crippen molar-refractivity contribution in [2.75, 3.05) is 0 Å². The van der Waals surface area contributed by atoms with Crippen LogP contribution in [-0.2, 0) is 23.3 Å². The van der Waals surface area contributed by atoms with Crippen LogP contribution in [0, 0.1) is 28.7 Å². The van der Waals surface area contributed by atoms with Crippen molar-refractivity contribution >= 4 is 28.4 Å². The van der Waals surface area contributed by atoms with Crippen LogP contribution < -0.4 is 0 Å². The first-order chi connectivity index (χ1) is 16.7. The number of hydrogen-bond donors (Lipinski definition) is 0. The third-order valence-electron chi connectivity index (χ3n) is 4.78. The van der Waals surface area contributed by atoms with Gasteiger partial charge >= 0.3 is 30.2 Å². The van der Waals surface area contributed by atoms with Crippen LogP contribution in [0.1, 0.15) is 11.1 Å². The molecule has 0 saturated carbocycles. The van der Waals surface area contributed by atoms with E-state index in [-0.39, 0.29) is 14.9 Å². The monoisotopic (exact) mass is 560 g/mol. The Hall–Kier alpha value is -3.06. The summed E-state index contributed by atoms with van der Waals surface area (Å²) in [6.45, 7) is 10.5. The van der Waals surface area contributed by atoms with Gasteiger partial charge in [-0.25, -0.2) is 0 Å². The summed E-state index contributed by atoms with van der Waals surface area (Å²) in [4.78, 5) is 0. The molecule has 0 N–H and O–H groups in total. The Morgan fingerprint density at radius 1 is 0.444 bits per heavy atom. The van der Waals surface area contributed by atoms with Crippen molar-refractivity contribution in [3.8, 4) is 0 Å². The third-order valence-corrected chi connectivity index (χ3v) is 4.78. The average Bonchev–Trinajstić information content (AvgIpc) is 3.57. The van der Waals surface area contributed by atoms with Gasteiger partial charge in [0, 0.05) is 0 Å². The molecule has 6 rings (SSSR count). The van der Waals surface area contributed by atoms with E-state index >= 15 is 0 Å².